The van der Waals surface area contributed by atoms with Gasteiger partial charge in [-0.15, -0.1) is 5.10 Å². The third-order valence-corrected chi connectivity index (χ3v) is 1.89. The van der Waals surface area contributed by atoms with Gasteiger partial charge in [0.1, 0.15) is 0 Å². The maximum atomic E-state index is 5.52. The van der Waals surface area contributed by atoms with Gasteiger partial charge < -0.3 is 5.73 Å². The van der Waals surface area contributed by atoms with E-state index >= 15 is 0 Å². The van der Waals surface area contributed by atoms with Crippen LogP contribution in [0.3, 0.4) is 0 Å². The van der Waals surface area contributed by atoms with Crippen molar-refractivity contribution in [2.45, 2.75) is 39.8 Å². The van der Waals surface area contributed by atoms with Crippen molar-refractivity contribution < 1.29 is 0 Å². The Balaban J connectivity index is 3.05. The van der Waals surface area contributed by atoms with Gasteiger partial charge in [0.15, 0.2) is 0 Å². The van der Waals surface area contributed by atoms with Crippen LogP contribution in [-0.2, 0) is 13.0 Å². The van der Waals surface area contributed by atoms with Crippen molar-refractivity contribution in [1.29, 1.82) is 0 Å². The minimum absolute atomic E-state index is 0.368. The van der Waals surface area contributed by atoms with Gasteiger partial charge in [-0.3, -0.25) is 0 Å². The van der Waals surface area contributed by atoms with E-state index in [0.29, 0.717) is 12.6 Å². The number of hydrogen-bond donors (Lipinski definition) is 1. The van der Waals surface area contributed by atoms with Crippen LogP contribution in [0.15, 0.2) is 0 Å². The Morgan fingerprint density at radius 3 is 2.58 bits per heavy atom. The number of nitrogens with zero attached hydrogens (tertiary/aromatic N) is 3. The molecule has 0 aliphatic heterocycles. The molecule has 0 fully saturated rings. The fraction of sp³-hybridized carbons (Fsp3) is 0.750. The summed E-state index contributed by atoms with van der Waals surface area (Å²) in [4.78, 5) is 0. The lowest BCUT2D eigenvalue weighted by Crippen LogP contribution is -2.08. The molecule has 0 atom stereocenters. The maximum absolute atomic E-state index is 5.52. The zero-order chi connectivity index (χ0) is 9.14. The number of nitrogens with two attached hydrogens (primary N) is 1. The van der Waals surface area contributed by atoms with Gasteiger partial charge in [-0.25, -0.2) is 4.68 Å². The highest BCUT2D eigenvalue weighted by Gasteiger charge is 2.10. The third kappa shape index (κ3) is 1.48. The molecule has 0 saturated carbocycles. The van der Waals surface area contributed by atoms with Crippen molar-refractivity contribution in [3.63, 3.8) is 0 Å². The SMILES string of the molecule is CCc1c(CN)nnn1C(C)C. The lowest BCUT2D eigenvalue weighted by atomic mass is 10.2. The molecule has 1 rings (SSSR count). The Labute approximate surface area is 72.8 Å². The topological polar surface area (TPSA) is 56.7 Å². The lowest BCUT2D eigenvalue weighted by Gasteiger charge is -2.08. The lowest BCUT2D eigenvalue weighted by molar-refractivity contribution is 0.496. The second kappa shape index (κ2) is 3.67. The molecule has 1 aromatic rings. The second-order valence-corrected chi connectivity index (χ2v) is 3.08. The quantitative estimate of drug-likeness (QED) is 0.729. The van der Waals surface area contributed by atoms with E-state index in [9.17, 15) is 0 Å². The summed E-state index contributed by atoms with van der Waals surface area (Å²) in [6.07, 6.45) is 0.942. The van der Waals surface area contributed by atoms with E-state index in [2.05, 4.69) is 31.1 Å². The van der Waals surface area contributed by atoms with Gasteiger partial charge in [0.25, 0.3) is 0 Å². The largest absolute Gasteiger partial charge is 0.325 e. The van der Waals surface area contributed by atoms with E-state index in [-0.39, 0.29) is 0 Å². The minimum atomic E-state index is 0.368. The van der Waals surface area contributed by atoms with Gasteiger partial charge in [-0.05, 0) is 20.3 Å². The summed E-state index contributed by atoms with van der Waals surface area (Å²) in [6, 6.07) is 0.368. The van der Waals surface area contributed by atoms with E-state index in [0.717, 1.165) is 17.8 Å². The number of hydrogen-bond acceptors (Lipinski definition) is 3. The monoisotopic (exact) mass is 168 g/mol. The van der Waals surface area contributed by atoms with Gasteiger partial charge in [0.2, 0.25) is 0 Å². The summed E-state index contributed by atoms with van der Waals surface area (Å²) in [5.74, 6) is 0. The molecule has 68 valence electrons. The van der Waals surface area contributed by atoms with E-state index in [1.165, 1.54) is 0 Å². The van der Waals surface area contributed by atoms with Gasteiger partial charge in [0, 0.05) is 12.6 Å². The molecule has 0 amide bonds. The Kier molecular flexibility index (Phi) is 2.81. The standard InChI is InChI=1S/C8H16N4/c1-4-8-7(5-9)10-11-12(8)6(2)3/h6H,4-5,9H2,1-3H3. The number of aromatic nitrogens is 3. The van der Waals surface area contributed by atoms with Crippen LogP contribution in [0.25, 0.3) is 0 Å². The van der Waals surface area contributed by atoms with Crippen LogP contribution in [0.5, 0.6) is 0 Å². The van der Waals surface area contributed by atoms with Crippen molar-refractivity contribution >= 4 is 0 Å². The Morgan fingerprint density at radius 1 is 1.50 bits per heavy atom. The maximum Gasteiger partial charge on any atom is 0.0994 e. The normalized spacial score (nSPS) is 11.1. The summed E-state index contributed by atoms with van der Waals surface area (Å²) in [5, 5.41) is 8.06. The summed E-state index contributed by atoms with van der Waals surface area (Å²) in [6.45, 7) is 6.76. The molecule has 0 spiro atoms. The molecular formula is C8H16N4. The number of rotatable bonds is 3. The van der Waals surface area contributed by atoms with Gasteiger partial charge in [0.05, 0.1) is 11.4 Å². The van der Waals surface area contributed by atoms with Crippen molar-refractivity contribution in [2.24, 2.45) is 5.73 Å². The molecule has 0 saturated heterocycles. The molecular weight excluding hydrogens is 152 g/mol. The van der Waals surface area contributed by atoms with E-state index in [4.69, 9.17) is 5.73 Å². The average molecular weight is 168 g/mol. The van der Waals surface area contributed by atoms with Crippen LogP contribution >= 0.6 is 0 Å². The van der Waals surface area contributed by atoms with E-state index in [1.54, 1.807) is 0 Å². The first kappa shape index (κ1) is 9.19. The van der Waals surface area contributed by atoms with Crippen LogP contribution in [-0.4, -0.2) is 15.0 Å². The van der Waals surface area contributed by atoms with Gasteiger partial charge in [-0.1, -0.05) is 12.1 Å². The highest BCUT2D eigenvalue weighted by atomic mass is 15.4. The summed E-state index contributed by atoms with van der Waals surface area (Å²) in [5.41, 5.74) is 7.61. The van der Waals surface area contributed by atoms with Gasteiger partial charge >= 0.3 is 0 Å². The van der Waals surface area contributed by atoms with Crippen molar-refractivity contribution in [3.8, 4) is 0 Å². The highest BCUT2D eigenvalue weighted by Crippen LogP contribution is 2.11. The van der Waals surface area contributed by atoms with Crippen LogP contribution in [0, 0.1) is 0 Å². The third-order valence-electron chi connectivity index (χ3n) is 1.89. The molecule has 12 heavy (non-hydrogen) atoms. The molecule has 4 nitrogen and oxygen atoms in total. The Hall–Kier alpha value is -0.900. The molecule has 0 aliphatic carbocycles. The first-order valence-corrected chi connectivity index (χ1v) is 4.33. The first-order chi connectivity index (χ1) is 5.70. The van der Waals surface area contributed by atoms with Crippen molar-refractivity contribution in [2.75, 3.05) is 0 Å². The molecule has 0 radical (unpaired) electrons. The highest BCUT2D eigenvalue weighted by molar-refractivity contribution is 5.10. The van der Waals surface area contributed by atoms with Crippen molar-refractivity contribution in [1.82, 2.24) is 15.0 Å². The summed E-state index contributed by atoms with van der Waals surface area (Å²) >= 11 is 0. The Morgan fingerprint density at radius 2 is 2.17 bits per heavy atom. The minimum Gasteiger partial charge on any atom is -0.325 e. The smallest absolute Gasteiger partial charge is 0.0994 e. The predicted octanol–water partition coefficient (Wildman–Crippen LogP) is 0.880. The predicted molar refractivity (Wildman–Crippen MR) is 47.7 cm³/mol. The average Bonchev–Trinajstić information content (AvgIpc) is 2.46. The fourth-order valence-corrected chi connectivity index (χ4v) is 1.29. The first-order valence-electron chi connectivity index (χ1n) is 4.33. The fourth-order valence-electron chi connectivity index (χ4n) is 1.29. The molecule has 0 aliphatic rings. The van der Waals surface area contributed by atoms with Crippen LogP contribution < -0.4 is 5.73 Å². The zero-order valence-electron chi connectivity index (χ0n) is 7.91. The molecule has 0 aromatic carbocycles. The van der Waals surface area contributed by atoms with E-state index in [1.807, 2.05) is 4.68 Å². The van der Waals surface area contributed by atoms with Crippen LogP contribution in [0.2, 0.25) is 0 Å². The van der Waals surface area contributed by atoms with Crippen molar-refractivity contribution in [3.05, 3.63) is 11.4 Å². The van der Waals surface area contributed by atoms with Crippen LogP contribution in [0.1, 0.15) is 38.2 Å². The molecule has 2 N–H and O–H groups in total. The van der Waals surface area contributed by atoms with E-state index < -0.39 is 0 Å². The second-order valence-electron chi connectivity index (χ2n) is 3.08. The molecule has 0 unspecified atom stereocenters. The molecule has 1 aromatic heterocycles. The molecule has 4 heteroatoms. The van der Waals surface area contributed by atoms with Gasteiger partial charge in [-0.2, -0.15) is 0 Å². The summed E-state index contributed by atoms with van der Waals surface area (Å²) < 4.78 is 1.93. The molecule has 0 bridgehead atoms. The van der Waals surface area contributed by atoms with Crippen LogP contribution in [0.4, 0.5) is 0 Å². The Bertz CT molecular complexity index is 252. The molecule has 1 heterocycles. The zero-order valence-corrected chi connectivity index (χ0v) is 7.91. The summed E-state index contributed by atoms with van der Waals surface area (Å²) in [7, 11) is 0.